The summed E-state index contributed by atoms with van der Waals surface area (Å²) >= 11 is 0. The Morgan fingerprint density at radius 2 is 1.66 bits per heavy atom. The highest BCUT2D eigenvalue weighted by Gasteiger charge is 2.23. The molecule has 5 rings (SSSR count). The summed E-state index contributed by atoms with van der Waals surface area (Å²) in [6, 6.07) is 16.5. The molecule has 5 aromatic rings. The maximum absolute atomic E-state index is 13.2. The van der Waals surface area contributed by atoms with Crippen LogP contribution in [0.5, 0.6) is 5.88 Å². The summed E-state index contributed by atoms with van der Waals surface area (Å²) < 4.78 is 42.4. The smallest absolute Gasteiger partial charge is 0.341 e. The quantitative estimate of drug-likeness (QED) is 0.164. The van der Waals surface area contributed by atoms with Crippen molar-refractivity contribution in [3.05, 3.63) is 90.0 Å². The molecule has 0 amide bonds. The molecule has 0 aliphatic rings. The van der Waals surface area contributed by atoms with Crippen LogP contribution in [0, 0.1) is 0 Å². The van der Waals surface area contributed by atoms with Gasteiger partial charge in [0, 0.05) is 19.3 Å². The molecule has 0 fully saturated rings. The lowest BCUT2D eigenvalue weighted by Crippen LogP contribution is -2.32. The van der Waals surface area contributed by atoms with Crippen molar-refractivity contribution in [1.82, 2.24) is 33.6 Å². The fourth-order valence-corrected chi connectivity index (χ4v) is 6.29. The first-order valence-electron chi connectivity index (χ1n) is 14.5. The van der Waals surface area contributed by atoms with Crippen LogP contribution < -0.4 is 4.74 Å². The molecule has 0 saturated heterocycles. The van der Waals surface area contributed by atoms with Crippen LogP contribution in [0.15, 0.2) is 78.2 Å². The van der Waals surface area contributed by atoms with Gasteiger partial charge in [-0.1, -0.05) is 56.3 Å². The van der Waals surface area contributed by atoms with Crippen LogP contribution in [-0.2, 0) is 27.9 Å². The van der Waals surface area contributed by atoms with Gasteiger partial charge in [-0.15, -0.1) is 0 Å². The molecule has 0 aliphatic carbocycles. The van der Waals surface area contributed by atoms with Crippen molar-refractivity contribution in [2.45, 2.75) is 51.7 Å². The summed E-state index contributed by atoms with van der Waals surface area (Å²) in [4.78, 5) is 26.3. The molecule has 3 aromatic heterocycles. The van der Waals surface area contributed by atoms with Gasteiger partial charge in [-0.2, -0.15) is 19.4 Å². The van der Waals surface area contributed by atoms with Gasteiger partial charge in [0.1, 0.15) is 6.61 Å². The number of fused-ring (bicyclic) bond motifs is 1. The lowest BCUT2D eigenvalue weighted by molar-refractivity contribution is 0.0526. The number of esters is 1. The number of aromatic nitrogens is 6. The maximum Gasteiger partial charge on any atom is 0.341 e. The summed E-state index contributed by atoms with van der Waals surface area (Å²) in [6.45, 7) is 7.50. The molecule has 0 spiro atoms. The van der Waals surface area contributed by atoms with Crippen LogP contribution in [0.2, 0.25) is 0 Å². The Morgan fingerprint density at radius 3 is 2.34 bits per heavy atom. The third kappa shape index (κ3) is 6.79. The number of hydrogen-bond donors (Lipinski definition) is 0. The van der Waals surface area contributed by atoms with Crippen LogP contribution in [0.4, 0.5) is 0 Å². The van der Waals surface area contributed by atoms with Crippen molar-refractivity contribution in [2.75, 3.05) is 19.7 Å². The van der Waals surface area contributed by atoms with Crippen LogP contribution in [-0.4, -0.2) is 67.7 Å². The van der Waals surface area contributed by atoms with E-state index in [-0.39, 0.29) is 35.5 Å². The van der Waals surface area contributed by atoms with Gasteiger partial charge in [0.2, 0.25) is 15.9 Å². The van der Waals surface area contributed by atoms with Crippen molar-refractivity contribution in [3.63, 3.8) is 0 Å². The van der Waals surface area contributed by atoms with Crippen molar-refractivity contribution in [3.8, 4) is 11.8 Å². The molecule has 2 aromatic carbocycles. The van der Waals surface area contributed by atoms with E-state index in [1.54, 1.807) is 37.5 Å². The lowest BCUT2D eigenvalue weighted by Gasteiger charge is -2.21. The van der Waals surface area contributed by atoms with Crippen molar-refractivity contribution in [2.24, 2.45) is 0 Å². The van der Waals surface area contributed by atoms with Gasteiger partial charge in [-0.25, -0.2) is 22.9 Å². The van der Waals surface area contributed by atoms with E-state index in [9.17, 15) is 13.2 Å². The molecule has 230 valence electrons. The van der Waals surface area contributed by atoms with Crippen LogP contribution >= 0.6 is 0 Å². The van der Waals surface area contributed by atoms with E-state index in [1.807, 2.05) is 48.7 Å². The molecule has 3 heterocycles. The predicted octanol–water partition coefficient (Wildman–Crippen LogP) is 4.63. The summed E-state index contributed by atoms with van der Waals surface area (Å²) in [5, 5.41) is 4.27. The zero-order valence-corrected chi connectivity index (χ0v) is 25.8. The van der Waals surface area contributed by atoms with Gasteiger partial charge in [0.15, 0.2) is 11.2 Å². The number of imidazole rings is 1. The van der Waals surface area contributed by atoms with Gasteiger partial charge in [-0.05, 0) is 43.0 Å². The molecule has 0 unspecified atom stereocenters. The second-order valence-corrected chi connectivity index (χ2v) is 12.0. The highest BCUT2D eigenvalue weighted by atomic mass is 32.2. The zero-order valence-electron chi connectivity index (χ0n) is 25.0. The fraction of sp³-hybridized carbons (Fsp3) is 0.323. The van der Waals surface area contributed by atoms with E-state index >= 15 is 0 Å². The Kier molecular flexibility index (Phi) is 9.65. The number of nitrogens with zero attached hydrogens (tertiary/aromatic N) is 7. The zero-order chi connectivity index (χ0) is 31.1. The van der Waals surface area contributed by atoms with E-state index in [0.29, 0.717) is 30.8 Å². The Labute approximate surface area is 256 Å². The standard InChI is InChI=1S/C31H35N7O5S/c1-4-16-37(17-5-2)44(40,41)26-14-12-23(13-15-26)19-36-22-32-27-28(36)34-31(38-20-25(18-33-38)30(39)42-6-3)35-29(27)43-21-24-10-8-7-9-11-24/h7-15,18,20,22H,4-6,16-17,19,21H2,1-3H3. The molecule has 0 N–H and O–H groups in total. The monoisotopic (exact) mass is 617 g/mol. The number of carbonyl (C=O) groups excluding carboxylic acids is 1. The number of ether oxygens (including phenoxy) is 2. The Hall–Kier alpha value is -4.62. The van der Waals surface area contributed by atoms with Crippen molar-refractivity contribution >= 4 is 27.2 Å². The number of sulfonamides is 1. The van der Waals surface area contributed by atoms with E-state index in [2.05, 4.69) is 15.1 Å². The minimum Gasteiger partial charge on any atom is -0.471 e. The van der Waals surface area contributed by atoms with Crippen LogP contribution in [0.3, 0.4) is 0 Å². The SMILES string of the molecule is CCCN(CCC)S(=O)(=O)c1ccc(Cn2cnc3c(OCc4ccccc4)nc(-n4cc(C(=O)OCC)cn4)nc32)cc1. The first-order chi connectivity index (χ1) is 21.3. The third-order valence-corrected chi connectivity index (χ3v) is 8.71. The second kappa shape index (κ2) is 13.8. The first-order valence-corrected chi connectivity index (χ1v) is 16.0. The van der Waals surface area contributed by atoms with Gasteiger partial charge < -0.3 is 14.0 Å². The van der Waals surface area contributed by atoms with Gasteiger partial charge in [-0.3, -0.25) is 0 Å². The van der Waals surface area contributed by atoms with E-state index in [0.717, 1.165) is 24.0 Å². The first kappa shape index (κ1) is 30.8. The van der Waals surface area contributed by atoms with Crippen LogP contribution in [0.25, 0.3) is 17.1 Å². The molecule has 0 aliphatic heterocycles. The minimum atomic E-state index is -3.58. The van der Waals surface area contributed by atoms with E-state index in [4.69, 9.17) is 14.5 Å². The summed E-state index contributed by atoms with van der Waals surface area (Å²) in [6.07, 6.45) is 6.02. The number of hydrogen-bond acceptors (Lipinski definition) is 9. The average Bonchev–Trinajstić information content (AvgIpc) is 3.69. The number of benzene rings is 2. The number of carbonyl (C=O) groups is 1. The Bertz CT molecular complexity index is 1810. The molecule has 0 atom stereocenters. The molecule has 13 heteroatoms. The molecular weight excluding hydrogens is 582 g/mol. The number of rotatable bonds is 14. The largest absolute Gasteiger partial charge is 0.471 e. The molecular formula is C31H35N7O5S. The summed E-state index contributed by atoms with van der Waals surface area (Å²) in [5.74, 6) is -0.0520. The molecule has 0 saturated carbocycles. The molecule has 44 heavy (non-hydrogen) atoms. The highest BCUT2D eigenvalue weighted by molar-refractivity contribution is 7.89. The Morgan fingerprint density at radius 1 is 0.932 bits per heavy atom. The van der Waals surface area contributed by atoms with E-state index < -0.39 is 16.0 Å². The summed E-state index contributed by atoms with van der Waals surface area (Å²) in [5.41, 5.74) is 3.02. The van der Waals surface area contributed by atoms with Crippen LogP contribution in [0.1, 0.15) is 55.1 Å². The third-order valence-electron chi connectivity index (χ3n) is 6.80. The molecule has 0 bridgehead atoms. The molecule has 12 nitrogen and oxygen atoms in total. The highest BCUT2D eigenvalue weighted by Crippen LogP contribution is 2.25. The van der Waals surface area contributed by atoms with E-state index in [1.165, 1.54) is 21.4 Å². The summed E-state index contributed by atoms with van der Waals surface area (Å²) in [7, 11) is -3.58. The maximum atomic E-state index is 13.2. The normalized spacial score (nSPS) is 11.7. The second-order valence-electron chi connectivity index (χ2n) is 10.1. The van der Waals surface area contributed by atoms with Crippen molar-refractivity contribution in [1.29, 1.82) is 0 Å². The van der Waals surface area contributed by atoms with Gasteiger partial charge >= 0.3 is 5.97 Å². The molecule has 0 radical (unpaired) electrons. The Balaban J connectivity index is 1.47. The average molecular weight is 618 g/mol. The van der Waals surface area contributed by atoms with Crippen molar-refractivity contribution < 1.29 is 22.7 Å². The van der Waals surface area contributed by atoms with Gasteiger partial charge in [0.05, 0.1) is 36.1 Å². The fourth-order valence-electron chi connectivity index (χ4n) is 4.67. The topological polar surface area (TPSA) is 134 Å². The minimum absolute atomic E-state index is 0.186. The predicted molar refractivity (Wildman–Crippen MR) is 164 cm³/mol. The lowest BCUT2D eigenvalue weighted by atomic mass is 10.2. The van der Waals surface area contributed by atoms with Gasteiger partial charge in [0.25, 0.3) is 5.95 Å².